The Balaban J connectivity index is 0.00000300. The largest absolute Gasteiger partial charge is 0.302 e. The molecule has 0 bridgehead atoms. The van der Waals surface area contributed by atoms with Crippen molar-refractivity contribution in [2.24, 2.45) is 0 Å². The summed E-state index contributed by atoms with van der Waals surface area (Å²) in [6.45, 7) is 9.77. The molecule has 156 valence electrons. The Morgan fingerprint density at radius 2 is 1.83 bits per heavy atom. The highest BCUT2D eigenvalue weighted by Gasteiger charge is 2.22. The van der Waals surface area contributed by atoms with Crippen LogP contribution in [0.15, 0.2) is 47.4 Å². The van der Waals surface area contributed by atoms with Crippen molar-refractivity contribution in [1.29, 1.82) is 0 Å². The summed E-state index contributed by atoms with van der Waals surface area (Å²) in [6.07, 6.45) is 2.03. The quantitative estimate of drug-likeness (QED) is 0.411. The maximum atomic E-state index is 13.4. The first-order valence-electron chi connectivity index (χ1n) is 9.61. The highest BCUT2D eigenvalue weighted by Crippen LogP contribution is 2.31. The number of nitrogens with zero attached hydrogens (tertiary/aromatic N) is 3. The third-order valence-corrected chi connectivity index (χ3v) is 6.71. The predicted molar refractivity (Wildman–Crippen MR) is 129 cm³/mol. The number of benzene rings is 2. The normalized spacial score (nSPS) is 10.9. The van der Waals surface area contributed by atoms with Gasteiger partial charge in [0, 0.05) is 23.5 Å². The summed E-state index contributed by atoms with van der Waals surface area (Å²) in [6, 6.07) is 14.0. The van der Waals surface area contributed by atoms with Crippen LogP contribution in [0.25, 0.3) is 10.2 Å². The molecule has 0 aliphatic carbocycles. The van der Waals surface area contributed by atoms with Gasteiger partial charge in [0.15, 0.2) is 5.13 Å². The zero-order valence-corrected chi connectivity index (χ0v) is 19.8. The molecule has 0 unspecified atom stereocenters. The van der Waals surface area contributed by atoms with E-state index < -0.39 is 0 Å². The topological polar surface area (TPSA) is 36.4 Å². The fraction of sp³-hybridized carbons (Fsp3) is 0.364. The molecule has 0 atom stereocenters. The number of aryl methyl sites for hydroxylation is 1. The van der Waals surface area contributed by atoms with E-state index in [0.717, 1.165) is 45.4 Å². The number of likely N-dealkylation sites (N-methyl/N-ethyl adjacent to an activating group) is 1. The minimum atomic E-state index is 0. The van der Waals surface area contributed by atoms with Crippen LogP contribution >= 0.6 is 35.5 Å². The summed E-state index contributed by atoms with van der Waals surface area (Å²) in [5.41, 5.74) is 2.84. The second-order valence-corrected chi connectivity index (χ2v) is 8.52. The maximum absolute atomic E-state index is 13.4. The van der Waals surface area contributed by atoms with Crippen LogP contribution in [-0.2, 0) is 0 Å². The number of hydrogen-bond donors (Lipinski definition) is 0. The Kier molecular flexibility index (Phi) is 8.96. The maximum Gasteiger partial charge on any atom is 0.260 e. The lowest BCUT2D eigenvalue weighted by Gasteiger charge is -2.25. The fourth-order valence-electron chi connectivity index (χ4n) is 3.17. The molecule has 29 heavy (non-hydrogen) atoms. The summed E-state index contributed by atoms with van der Waals surface area (Å²) in [4.78, 5) is 23.5. The molecule has 1 heterocycles. The number of halogens is 1. The summed E-state index contributed by atoms with van der Waals surface area (Å²) >= 11 is 3.24. The second kappa shape index (κ2) is 11.0. The Labute approximate surface area is 187 Å². The third-order valence-electron chi connectivity index (χ3n) is 4.94. The van der Waals surface area contributed by atoms with Crippen molar-refractivity contribution in [2.45, 2.75) is 25.7 Å². The van der Waals surface area contributed by atoms with Crippen LogP contribution in [0.5, 0.6) is 0 Å². The lowest BCUT2D eigenvalue weighted by Crippen LogP contribution is -2.38. The Hall–Kier alpha value is -1.60. The number of hydrogen-bond acceptors (Lipinski definition) is 5. The lowest BCUT2D eigenvalue weighted by molar-refractivity contribution is 0.0983. The molecular weight excluding hydrogens is 422 g/mol. The fourth-order valence-corrected chi connectivity index (χ4v) is 4.69. The van der Waals surface area contributed by atoms with Gasteiger partial charge in [-0.1, -0.05) is 43.4 Å². The van der Waals surface area contributed by atoms with E-state index in [-0.39, 0.29) is 18.3 Å². The molecule has 4 nitrogen and oxygen atoms in total. The molecule has 2 aromatic carbocycles. The van der Waals surface area contributed by atoms with Crippen molar-refractivity contribution in [3.05, 3.63) is 53.6 Å². The number of rotatable bonds is 8. The van der Waals surface area contributed by atoms with E-state index in [2.05, 4.69) is 37.8 Å². The van der Waals surface area contributed by atoms with Crippen LogP contribution in [0, 0.1) is 6.92 Å². The number of anilines is 1. The average Bonchev–Trinajstić information content (AvgIpc) is 3.16. The molecule has 1 amide bonds. The Morgan fingerprint density at radius 3 is 2.48 bits per heavy atom. The molecule has 0 N–H and O–H groups in total. The summed E-state index contributed by atoms with van der Waals surface area (Å²) < 4.78 is 1.12. The van der Waals surface area contributed by atoms with Crippen LogP contribution in [0.2, 0.25) is 0 Å². The number of aromatic nitrogens is 1. The zero-order chi connectivity index (χ0) is 20.1. The number of thioether (sulfide) groups is 1. The molecular formula is C22H28ClN3OS2. The van der Waals surface area contributed by atoms with Crippen molar-refractivity contribution >= 4 is 56.8 Å². The van der Waals surface area contributed by atoms with Crippen LogP contribution in [-0.4, -0.2) is 48.2 Å². The van der Waals surface area contributed by atoms with Crippen LogP contribution in [0.1, 0.15) is 29.8 Å². The van der Waals surface area contributed by atoms with E-state index in [1.165, 1.54) is 0 Å². The molecule has 0 radical (unpaired) electrons. The number of carbonyl (C=O) groups excluding carboxylic acids is 1. The van der Waals surface area contributed by atoms with Gasteiger partial charge in [-0.15, -0.1) is 24.2 Å². The van der Waals surface area contributed by atoms with E-state index >= 15 is 0 Å². The van der Waals surface area contributed by atoms with Gasteiger partial charge in [-0.05, 0) is 56.1 Å². The second-order valence-electron chi connectivity index (χ2n) is 6.63. The van der Waals surface area contributed by atoms with Crippen molar-refractivity contribution < 1.29 is 4.79 Å². The average molecular weight is 450 g/mol. The van der Waals surface area contributed by atoms with Crippen LogP contribution in [0.3, 0.4) is 0 Å². The van der Waals surface area contributed by atoms with Gasteiger partial charge in [0.1, 0.15) is 0 Å². The van der Waals surface area contributed by atoms with Gasteiger partial charge in [-0.25, -0.2) is 4.98 Å². The first-order valence-corrected chi connectivity index (χ1v) is 11.7. The number of thiazole rings is 1. The van der Waals surface area contributed by atoms with Crippen molar-refractivity contribution in [2.75, 3.05) is 37.3 Å². The van der Waals surface area contributed by atoms with Crippen LogP contribution < -0.4 is 4.90 Å². The molecule has 0 aliphatic rings. The Morgan fingerprint density at radius 1 is 1.10 bits per heavy atom. The molecule has 0 saturated carbocycles. The minimum Gasteiger partial charge on any atom is -0.302 e. The standard InChI is InChI=1S/C22H27N3OS2.ClH/c1-5-24(6-2)13-14-25(21(26)17-10-8-11-18(15-17)27-4)22-23-20-16(3)9-7-12-19(20)28-22;/h7-12,15H,5-6,13-14H2,1-4H3;1H. The number of fused-ring (bicyclic) bond motifs is 1. The van der Waals surface area contributed by atoms with Crippen molar-refractivity contribution in [1.82, 2.24) is 9.88 Å². The molecule has 7 heteroatoms. The predicted octanol–water partition coefficient (Wildman–Crippen LogP) is 5.74. The molecule has 3 rings (SSSR count). The summed E-state index contributed by atoms with van der Waals surface area (Å²) in [5.74, 6) is 0.0137. The third kappa shape index (κ3) is 5.51. The lowest BCUT2D eigenvalue weighted by atomic mass is 10.2. The number of carbonyl (C=O) groups is 1. The van der Waals surface area contributed by atoms with Crippen molar-refractivity contribution in [3.8, 4) is 0 Å². The smallest absolute Gasteiger partial charge is 0.260 e. The number of amides is 1. The molecule has 0 aliphatic heterocycles. The molecule has 0 fully saturated rings. The first-order chi connectivity index (χ1) is 13.6. The SMILES string of the molecule is CCN(CC)CCN(C(=O)c1cccc(SC)c1)c1nc2c(C)cccc2s1.Cl. The van der Waals surface area contributed by atoms with E-state index in [4.69, 9.17) is 4.98 Å². The minimum absolute atomic E-state index is 0. The monoisotopic (exact) mass is 449 g/mol. The van der Waals surface area contributed by atoms with Gasteiger partial charge in [0.25, 0.3) is 5.91 Å². The molecule has 1 aromatic heterocycles. The molecule has 3 aromatic rings. The van der Waals surface area contributed by atoms with Gasteiger partial charge in [0.05, 0.1) is 10.2 Å². The van der Waals surface area contributed by atoms with E-state index in [9.17, 15) is 4.79 Å². The summed E-state index contributed by atoms with van der Waals surface area (Å²) in [7, 11) is 0. The molecule has 0 spiro atoms. The molecule has 0 saturated heterocycles. The highest BCUT2D eigenvalue weighted by molar-refractivity contribution is 7.98. The van der Waals surface area contributed by atoms with Gasteiger partial charge in [-0.2, -0.15) is 0 Å². The first kappa shape index (κ1) is 23.7. The highest BCUT2D eigenvalue weighted by atomic mass is 35.5. The summed E-state index contributed by atoms with van der Waals surface area (Å²) in [5, 5.41) is 0.774. The van der Waals surface area contributed by atoms with E-state index in [0.29, 0.717) is 12.1 Å². The van der Waals surface area contributed by atoms with E-state index in [1.54, 1.807) is 23.1 Å². The van der Waals surface area contributed by atoms with Gasteiger partial charge < -0.3 is 4.90 Å². The van der Waals surface area contributed by atoms with Gasteiger partial charge in [-0.3, -0.25) is 9.69 Å². The van der Waals surface area contributed by atoms with Gasteiger partial charge >= 0.3 is 0 Å². The van der Waals surface area contributed by atoms with E-state index in [1.807, 2.05) is 41.5 Å². The number of para-hydroxylation sites is 1. The van der Waals surface area contributed by atoms with Gasteiger partial charge in [0.2, 0.25) is 0 Å². The Bertz CT molecular complexity index is 956. The van der Waals surface area contributed by atoms with Crippen molar-refractivity contribution in [3.63, 3.8) is 0 Å². The van der Waals surface area contributed by atoms with Crippen LogP contribution in [0.4, 0.5) is 5.13 Å². The zero-order valence-electron chi connectivity index (χ0n) is 17.3.